The highest BCUT2D eigenvalue weighted by Crippen LogP contribution is 2.19. The van der Waals surface area contributed by atoms with Crippen LogP contribution >= 0.6 is 11.6 Å². The van der Waals surface area contributed by atoms with Gasteiger partial charge in [0.05, 0.1) is 6.10 Å². The lowest BCUT2D eigenvalue weighted by molar-refractivity contribution is 0.169. The molecule has 0 saturated heterocycles. The molecule has 20 heavy (non-hydrogen) atoms. The van der Waals surface area contributed by atoms with Crippen molar-refractivity contribution in [2.75, 3.05) is 0 Å². The number of alkyl halides is 1. The topological polar surface area (TPSA) is 20.2 Å². The molecule has 0 heterocycles. The molecule has 0 radical (unpaired) electrons. The maximum atomic E-state index is 10.1. The van der Waals surface area contributed by atoms with Gasteiger partial charge in [-0.2, -0.15) is 0 Å². The zero-order valence-corrected chi connectivity index (χ0v) is 12.1. The molecule has 2 rings (SSSR count). The van der Waals surface area contributed by atoms with Gasteiger partial charge in [-0.25, -0.2) is 0 Å². The molecule has 0 amide bonds. The van der Waals surface area contributed by atoms with Crippen LogP contribution in [-0.2, 0) is 5.88 Å². The second-order valence-electron chi connectivity index (χ2n) is 4.78. The van der Waals surface area contributed by atoms with Gasteiger partial charge in [-0.15, -0.1) is 11.6 Å². The summed E-state index contributed by atoms with van der Waals surface area (Å²) < 4.78 is 0. The maximum absolute atomic E-state index is 10.1. The predicted molar refractivity (Wildman–Crippen MR) is 85.7 cm³/mol. The summed E-state index contributed by atoms with van der Waals surface area (Å²) in [5.74, 6) is 0.510. The van der Waals surface area contributed by atoms with Crippen LogP contribution in [0.4, 0.5) is 0 Å². The third-order valence-corrected chi connectivity index (χ3v) is 3.54. The minimum absolute atomic E-state index is 0.417. The summed E-state index contributed by atoms with van der Waals surface area (Å²) in [5.41, 5.74) is 3.21. The van der Waals surface area contributed by atoms with E-state index in [1.165, 1.54) is 5.56 Å². The van der Waals surface area contributed by atoms with Crippen LogP contribution in [0.1, 0.15) is 35.6 Å². The molecule has 2 aromatic rings. The molecular weight excluding hydrogens is 268 g/mol. The summed E-state index contributed by atoms with van der Waals surface area (Å²) in [6, 6.07) is 18.0. The van der Waals surface area contributed by atoms with Crippen LogP contribution in [0.15, 0.2) is 60.7 Å². The smallest absolute Gasteiger partial charge is 0.0793 e. The molecule has 0 aliphatic rings. The van der Waals surface area contributed by atoms with E-state index in [1.807, 2.05) is 42.5 Å². The van der Waals surface area contributed by atoms with E-state index in [0.717, 1.165) is 24.0 Å². The first-order valence-corrected chi connectivity index (χ1v) is 7.37. The van der Waals surface area contributed by atoms with Crippen LogP contribution in [-0.4, -0.2) is 5.11 Å². The quantitative estimate of drug-likeness (QED) is 0.745. The zero-order valence-electron chi connectivity index (χ0n) is 11.4. The van der Waals surface area contributed by atoms with E-state index < -0.39 is 6.10 Å². The van der Waals surface area contributed by atoms with E-state index in [4.69, 9.17) is 11.6 Å². The lowest BCUT2D eigenvalue weighted by Gasteiger charge is -2.10. The summed E-state index contributed by atoms with van der Waals surface area (Å²) in [7, 11) is 0. The van der Waals surface area contributed by atoms with Gasteiger partial charge in [0.25, 0.3) is 0 Å². The van der Waals surface area contributed by atoms with Crippen LogP contribution in [0.5, 0.6) is 0 Å². The number of aliphatic hydroxyl groups is 1. The van der Waals surface area contributed by atoms with E-state index in [-0.39, 0.29) is 0 Å². The largest absolute Gasteiger partial charge is 0.388 e. The van der Waals surface area contributed by atoms with Crippen LogP contribution in [0.25, 0.3) is 6.08 Å². The molecule has 0 aromatic heterocycles. The van der Waals surface area contributed by atoms with Crippen molar-refractivity contribution in [3.63, 3.8) is 0 Å². The predicted octanol–water partition coefficient (Wildman–Crippen LogP) is 4.95. The van der Waals surface area contributed by atoms with Gasteiger partial charge in [0.2, 0.25) is 0 Å². The number of allylic oxidation sites excluding steroid dienone is 1. The standard InChI is InChI=1S/C18H19ClO/c19-14-16-10-12-17(13-11-16)18(20)9-5-4-8-15-6-2-1-3-7-15/h1-4,6-8,10-13,18,20H,5,9,14H2/b8-4+. The van der Waals surface area contributed by atoms with Crippen molar-refractivity contribution >= 4 is 17.7 Å². The van der Waals surface area contributed by atoms with Gasteiger partial charge in [0.15, 0.2) is 0 Å². The Kier molecular flexibility index (Phi) is 5.85. The molecule has 0 spiro atoms. The Labute approximate surface area is 125 Å². The highest BCUT2D eigenvalue weighted by molar-refractivity contribution is 6.17. The molecule has 2 heteroatoms. The van der Waals surface area contributed by atoms with Crippen molar-refractivity contribution in [2.24, 2.45) is 0 Å². The fourth-order valence-corrected chi connectivity index (χ4v) is 2.21. The molecule has 1 unspecified atom stereocenters. The number of hydrogen-bond acceptors (Lipinski definition) is 1. The molecular formula is C18H19ClO. The molecule has 1 atom stereocenters. The Morgan fingerprint density at radius 1 is 1.00 bits per heavy atom. The number of hydrogen-bond donors (Lipinski definition) is 1. The minimum Gasteiger partial charge on any atom is -0.388 e. The molecule has 104 valence electrons. The Bertz CT molecular complexity index is 531. The van der Waals surface area contributed by atoms with E-state index in [9.17, 15) is 5.11 Å². The summed E-state index contributed by atoms with van der Waals surface area (Å²) >= 11 is 5.75. The Morgan fingerprint density at radius 2 is 1.70 bits per heavy atom. The van der Waals surface area contributed by atoms with Gasteiger partial charge < -0.3 is 5.11 Å². The van der Waals surface area contributed by atoms with Crippen molar-refractivity contribution in [3.8, 4) is 0 Å². The Balaban J connectivity index is 1.82. The van der Waals surface area contributed by atoms with E-state index in [0.29, 0.717) is 5.88 Å². The van der Waals surface area contributed by atoms with Crippen molar-refractivity contribution in [1.82, 2.24) is 0 Å². The van der Waals surface area contributed by atoms with Gasteiger partial charge in [0.1, 0.15) is 0 Å². The van der Waals surface area contributed by atoms with Gasteiger partial charge in [0, 0.05) is 5.88 Å². The Morgan fingerprint density at radius 3 is 2.35 bits per heavy atom. The zero-order chi connectivity index (χ0) is 14.2. The second kappa shape index (κ2) is 7.88. The van der Waals surface area contributed by atoms with Gasteiger partial charge in [-0.05, 0) is 29.5 Å². The minimum atomic E-state index is -0.417. The summed E-state index contributed by atoms with van der Waals surface area (Å²) in [5, 5.41) is 10.1. The van der Waals surface area contributed by atoms with Crippen LogP contribution in [0, 0.1) is 0 Å². The fourth-order valence-electron chi connectivity index (χ4n) is 2.03. The first-order chi connectivity index (χ1) is 9.79. The van der Waals surface area contributed by atoms with Crippen LogP contribution < -0.4 is 0 Å². The van der Waals surface area contributed by atoms with Crippen LogP contribution in [0.2, 0.25) is 0 Å². The van der Waals surface area contributed by atoms with E-state index in [1.54, 1.807) is 0 Å². The lowest BCUT2D eigenvalue weighted by atomic mass is 10.0. The lowest BCUT2D eigenvalue weighted by Crippen LogP contribution is -1.96. The summed E-state index contributed by atoms with van der Waals surface area (Å²) in [6.45, 7) is 0. The maximum Gasteiger partial charge on any atom is 0.0793 e. The first kappa shape index (κ1) is 14.8. The number of benzene rings is 2. The second-order valence-corrected chi connectivity index (χ2v) is 5.05. The molecule has 0 fully saturated rings. The monoisotopic (exact) mass is 286 g/mol. The molecule has 0 aliphatic carbocycles. The van der Waals surface area contributed by atoms with Crippen LogP contribution in [0.3, 0.4) is 0 Å². The molecule has 0 aliphatic heterocycles. The number of aliphatic hydroxyl groups excluding tert-OH is 1. The molecule has 0 bridgehead atoms. The SMILES string of the molecule is OC(CC/C=C/c1ccccc1)c1ccc(CCl)cc1. The summed E-state index contributed by atoms with van der Waals surface area (Å²) in [4.78, 5) is 0. The number of rotatable bonds is 6. The average molecular weight is 287 g/mol. The van der Waals surface area contributed by atoms with Gasteiger partial charge in [-0.1, -0.05) is 66.7 Å². The molecule has 0 saturated carbocycles. The third-order valence-electron chi connectivity index (χ3n) is 3.24. The van der Waals surface area contributed by atoms with Gasteiger partial charge in [-0.3, -0.25) is 0 Å². The molecule has 2 aromatic carbocycles. The number of halogens is 1. The highest BCUT2D eigenvalue weighted by atomic mass is 35.5. The van der Waals surface area contributed by atoms with Crippen molar-refractivity contribution < 1.29 is 5.11 Å². The van der Waals surface area contributed by atoms with Crippen molar-refractivity contribution in [2.45, 2.75) is 24.8 Å². The summed E-state index contributed by atoms with van der Waals surface area (Å²) in [6.07, 6.45) is 5.35. The van der Waals surface area contributed by atoms with Crippen molar-refractivity contribution in [1.29, 1.82) is 0 Å². The normalized spacial score (nSPS) is 12.7. The highest BCUT2D eigenvalue weighted by Gasteiger charge is 2.05. The van der Waals surface area contributed by atoms with Crippen molar-refractivity contribution in [3.05, 3.63) is 77.4 Å². The van der Waals surface area contributed by atoms with Gasteiger partial charge >= 0.3 is 0 Å². The van der Waals surface area contributed by atoms with E-state index in [2.05, 4.69) is 24.3 Å². The van der Waals surface area contributed by atoms with E-state index >= 15 is 0 Å². The molecule has 1 N–H and O–H groups in total. The fraction of sp³-hybridized carbons (Fsp3) is 0.222. The first-order valence-electron chi connectivity index (χ1n) is 6.84. The third kappa shape index (κ3) is 4.52. The average Bonchev–Trinajstić information content (AvgIpc) is 2.52. The molecule has 1 nitrogen and oxygen atoms in total. The Hall–Kier alpha value is -1.57.